The van der Waals surface area contributed by atoms with Gasteiger partial charge in [-0.3, -0.25) is 4.79 Å². The molecule has 2 aromatic rings. The van der Waals surface area contributed by atoms with Gasteiger partial charge in [-0.25, -0.2) is 0 Å². The van der Waals surface area contributed by atoms with Crippen molar-refractivity contribution in [2.24, 2.45) is 0 Å². The third-order valence-electron chi connectivity index (χ3n) is 4.51. The average Bonchev–Trinajstić information content (AvgIpc) is 2.65. The van der Waals surface area contributed by atoms with Crippen molar-refractivity contribution >= 4 is 17.3 Å². The number of methoxy groups -OCH3 is 1. The molecule has 0 N–H and O–H groups in total. The quantitative estimate of drug-likeness (QED) is 0.837. The van der Waals surface area contributed by atoms with Gasteiger partial charge in [-0.05, 0) is 38.1 Å². The number of benzene rings is 2. The Balaban J connectivity index is 1.75. The van der Waals surface area contributed by atoms with Gasteiger partial charge in [0.1, 0.15) is 11.5 Å². The minimum atomic E-state index is -0.0436. The molecule has 1 aliphatic heterocycles. The molecule has 0 bridgehead atoms. The minimum Gasteiger partial charge on any atom is -0.497 e. The van der Waals surface area contributed by atoms with Crippen LogP contribution in [0.4, 0.5) is 11.4 Å². The number of amides is 1. The van der Waals surface area contributed by atoms with Crippen LogP contribution < -0.4 is 19.3 Å². The van der Waals surface area contributed by atoms with Crippen molar-refractivity contribution in [1.29, 1.82) is 0 Å². The van der Waals surface area contributed by atoms with E-state index in [2.05, 4.69) is 24.8 Å². The number of ether oxygens (including phenoxy) is 2. The van der Waals surface area contributed by atoms with Crippen molar-refractivity contribution in [3.8, 4) is 11.5 Å². The summed E-state index contributed by atoms with van der Waals surface area (Å²) in [6.07, 6.45) is 0. The fraction of sp³-hybridized carbons (Fsp3) is 0.350. The Morgan fingerprint density at radius 1 is 1.12 bits per heavy atom. The van der Waals surface area contributed by atoms with Gasteiger partial charge in [0, 0.05) is 25.2 Å². The van der Waals surface area contributed by atoms with Gasteiger partial charge >= 0.3 is 0 Å². The molecule has 1 aliphatic rings. The number of likely N-dealkylation sites (N-methyl/N-ethyl adjacent to an activating group) is 1. The highest BCUT2D eigenvalue weighted by atomic mass is 16.5. The summed E-state index contributed by atoms with van der Waals surface area (Å²) in [6.45, 7) is 5.85. The summed E-state index contributed by atoms with van der Waals surface area (Å²) in [6, 6.07) is 15.6. The van der Waals surface area contributed by atoms with E-state index in [1.54, 1.807) is 13.2 Å². The molecule has 0 aromatic heterocycles. The maximum atomic E-state index is 12.8. The monoisotopic (exact) mass is 340 g/mol. The van der Waals surface area contributed by atoms with Crippen LogP contribution in [-0.2, 0) is 4.79 Å². The first-order chi connectivity index (χ1) is 12.1. The second-order valence-electron chi connectivity index (χ2n) is 6.10. The average molecular weight is 340 g/mol. The number of carbonyl (C=O) groups excluding carboxylic acids is 1. The van der Waals surface area contributed by atoms with Gasteiger partial charge in [0.25, 0.3) is 5.91 Å². The number of nitrogens with zero attached hydrogens (tertiary/aromatic N) is 2. The number of hydrogen-bond donors (Lipinski definition) is 0. The predicted molar refractivity (Wildman–Crippen MR) is 99.8 cm³/mol. The van der Waals surface area contributed by atoms with Crippen molar-refractivity contribution in [1.82, 2.24) is 0 Å². The van der Waals surface area contributed by atoms with Crippen LogP contribution in [0, 0.1) is 0 Å². The van der Waals surface area contributed by atoms with Gasteiger partial charge in [0.15, 0.2) is 6.61 Å². The Morgan fingerprint density at radius 2 is 1.84 bits per heavy atom. The van der Waals surface area contributed by atoms with E-state index < -0.39 is 0 Å². The number of hydrogen-bond acceptors (Lipinski definition) is 4. The van der Waals surface area contributed by atoms with E-state index in [9.17, 15) is 4.79 Å². The zero-order valence-corrected chi connectivity index (χ0v) is 14.9. The lowest BCUT2D eigenvalue weighted by Gasteiger charge is -2.41. The third-order valence-corrected chi connectivity index (χ3v) is 4.51. The van der Waals surface area contributed by atoms with Gasteiger partial charge in [-0.2, -0.15) is 0 Å². The Kier molecular flexibility index (Phi) is 5.12. The lowest BCUT2D eigenvalue weighted by atomic mass is 10.1. The molecule has 0 aliphatic carbocycles. The molecule has 5 nitrogen and oxygen atoms in total. The van der Waals surface area contributed by atoms with Crippen molar-refractivity contribution in [2.75, 3.05) is 36.6 Å². The first kappa shape index (κ1) is 17.1. The van der Waals surface area contributed by atoms with Crippen LogP contribution in [0.1, 0.15) is 13.8 Å². The van der Waals surface area contributed by atoms with E-state index in [4.69, 9.17) is 9.47 Å². The fourth-order valence-corrected chi connectivity index (χ4v) is 3.27. The first-order valence-electron chi connectivity index (χ1n) is 8.57. The topological polar surface area (TPSA) is 42.0 Å². The van der Waals surface area contributed by atoms with Crippen LogP contribution in [0.15, 0.2) is 48.5 Å². The molecule has 5 heteroatoms. The van der Waals surface area contributed by atoms with Crippen LogP contribution in [0.25, 0.3) is 0 Å². The summed E-state index contributed by atoms with van der Waals surface area (Å²) in [5.74, 6) is 1.29. The summed E-state index contributed by atoms with van der Waals surface area (Å²) in [7, 11) is 1.61. The molecular weight excluding hydrogens is 316 g/mol. The minimum absolute atomic E-state index is 0.000344. The zero-order chi connectivity index (χ0) is 17.8. The highest BCUT2D eigenvalue weighted by molar-refractivity contribution is 5.99. The zero-order valence-electron chi connectivity index (χ0n) is 14.9. The molecule has 132 valence electrons. The molecule has 2 aromatic carbocycles. The molecule has 1 heterocycles. The lowest BCUT2D eigenvalue weighted by molar-refractivity contribution is -0.120. The smallest absolute Gasteiger partial charge is 0.265 e. The summed E-state index contributed by atoms with van der Waals surface area (Å²) < 4.78 is 10.9. The summed E-state index contributed by atoms with van der Waals surface area (Å²) >= 11 is 0. The number of anilines is 2. The second kappa shape index (κ2) is 7.47. The molecule has 0 spiro atoms. The Hall–Kier alpha value is -2.69. The standard InChI is InChI=1S/C20H24N2O3/c1-4-21-15(2)13-22(19-11-6-5-10-18(19)21)20(23)14-25-17-9-7-8-16(12-17)24-3/h5-12,15H,4,13-14H2,1-3H3. The second-order valence-corrected chi connectivity index (χ2v) is 6.10. The molecule has 0 saturated heterocycles. The lowest BCUT2D eigenvalue weighted by Crippen LogP contribution is -2.50. The van der Waals surface area contributed by atoms with Gasteiger partial charge in [-0.15, -0.1) is 0 Å². The molecular formula is C20H24N2O3. The molecule has 1 atom stereocenters. The SMILES string of the molecule is CCN1c2ccccc2N(C(=O)COc2cccc(OC)c2)CC1C. The van der Waals surface area contributed by atoms with E-state index >= 15 is 0 Å². The first-order valence-corrected chi connectivity index (χ1v) is 8.57. The van der Waals surface area contributed by atoms with Gasteiger partial charge in [0.2, 0.25) is 0 Å². The molecule has 0 saturated carbocycles. The molecule has 1 amide bonds. The Morgan fingerprint density at radius 3 is 2.56 bits per heavy atom. The largest absolute Gasteiger partial charge is 0.497 e. The summed E-state index contributed by atoms with van der Waals surface area (Å²) in [5, 5.41) is 0. The number of carbonyl (C=O) groups is 1. The normalized spacial score (nSPS) is 16.4. The van der Waals surface area contributed by atoms with Crippen molar-refractivity contribution in [2.45, 2.75) is 19.9 Å². The maximum absolute atomic E-state index is 12.8. The Bertz CT molecular complexity index is 747. The molecule has 0 fully saturated rings. The summed E-state index contributed by atoms with van der Waals surface area (Å²) in [4.78, 5) is 16.9. The van der Waals surface area contributed by atoms with E-state index in [0.29, 0.717) is 18.0 Å². The van der Waals surface area contributed by atoms with Crippen LogP contribution in [0.2, 0.25) is 0 Å². The maximum Gasteiger partial charge on any atom is 0.265 e. The van der Waals surface area contributed by atoms with Gasteiger partial charge in [-0.1, -0.05) is 18.2 Å². The van der Waals surface area contributed by atoms with Gasteiger partial charge < -0.3 is 19.3 Å². The number of fused-ring (bicyclic) bond motifs is 1. The van der Waals surface area contributed by atoms with Crippen LogP contribution >= 0.6 is 0 Å². The summed E-state index contributed by atoms with van der Waals surface area (Å²) in [5.41, 5.74) is 2.04. The molecule has 25 heavy (non-hydrogen) atoms. The van der Waals surface area contributed by atoms with Crippen molar-refractivity contribution in [3.05, 3.63) is 48.5 Å². The Labute approximate surface area is 148 Å². The molecule has 1 unspecified atom stereocenters. The number of rotatable bonds is 5. The van der Waals surface area contributed by atoms with Crippen molar-refractivity contribution in [3.63, 3.8) is 0 Å². The molecule has 3 rings (SSSR count). The molecule has 0 radical (unpaired) electrons. The van der Waals surface area contributed by atoms with E-state index in [1.807, 2.05) is 41.3 Å². The predicted octanol–water partition coefficient (Wildman–Crippen LogP) is 3.34. The third kappa shape index (κ3) is 3.55. The van der Waals surface area contributed by atoms with E-state index in [-0.39, 0.29) is 18.6 Å². The number of para-hydroxylation sites is 2. The van der Waals surface area contributed by atoms with E-state index in [1.165, 1.54) is 0 Å². The van der Waals surface area contributed by atoms with Crippen LogP contribution in [0.3, 0.4) is 0 Å². The highest BCUT2D eigenvalue weighted by Crippen LogP contribution is 2.35. The van der Waals surface area contributed by atoms with Crippen molar-refractivity contribution < 1.29 is 14.3 Å². The fourth-order valence-electron chi connectivity index (χ4n) is 3.27. The van der Waals surface area contributed by atoms with Crippen LogP contribution in [-0.4, -0.2) is 38.8 Å². The van der Waals surface area contributed by atoms with Crippen LogP contribution in [0.5, 0.6) is 11.5 Å². The van der Waals surface area contributed by atoms with Gasteiger partial charge in [0.05, 0.1) is 18.5 Å². The highest BCUT2D eigenvalue weighted by Gasteiger charge is 2.30. The van der Waals surface area contributed by atoms with E-state index in [0.717, 1.165) is 17.9 Å².